The molecule has 2 aliphatic rings. The quantitative estimate of drug-likeness (QED) is 0.702. The van der Waals surface area contributed by atoms with Crippen LogP contribution in [0.1, 0.15) is 70.8 Å². The summed E-state index contributed by atoms with van der Waals surface area (Å²) in [5, 5.41) is 16.8. The van der Waals surface area contributed by atoms with Gasteiger partial charge in [0.15, 0.2) is 0 Å². The van der Waals surface area contributed by atoms with Gasteiger partial charge in [0.25, 0.3) is 0 Å². The van der Waals surface area contributed by atoms with E-state index in [9.17, 15) is 14.7 Å². The number of alkyl carbamates (subject to hydrolysis) is 1. The van der Waals surface area contributed by atoms with Gasteiger partial charge in [0, 0.05) is 13.1 Å². The molecule has 1 saturated heterocycles. The maximum atomic E-state index is 13.9. The lowest BCUT2D eigenvalue weighted by molar-refractivity contribution is -0.140. The topological polar surface area (TPSA) is 78.9 Å². The first-order valence-electron chi connectivity index (χ1n) is 12.1. The number of fused-ring (bicyclic) bond motifs is 1. The number of carbonyl (C=O) groups excluding carboxylic acids is 2. The van der Waals surface area contributed by atoms with Gasteiger partial charge in [-0.2, -0.15) is 0 Å². The van der Waals surface area contributed by atoms with Gasteiger partial charge in [0.1, 0.15) is 5.60 Å². The first kappa shape index (κ1) is 23.6. The Hall–Kier alpha value is -2.60. The maximum Gasteiger partial charge on any atom is 0.407 e. The summed E-state index contributed by atoms with van der Waals surface area (Å²) in [6.45, 7) is 6.47. The molecule has 2 fully saturated rings. The van der Waals surface area contributed by atoms with Gasteiger partial charge in [-0.05, 0) is 56.4 Å². The predicted molar refractivity (Wildman–Crippen MR) is 129 cm³/mol. The van der Waals surface area contributed by atoms with E-state index in [1.165, 1.54) is 0 Å². The van der Waals surface area contributed by atoms with Crippen LogP contribution in [0, 0.1) is 0 Å². The summed E-state index contributed by atoms with van der Waals surface area (Å²) in [5.74, 6) is -0.661. The molecule has 0 bridgehead atoms. The molecule has 1 unspecified atom stereocenters. The third kappa shape index (κ3) is 5.49. The van der Waals surface area contributed by atoms with Crippen LogP contribution in [0.15, 0.2) is 42.5 Å². The van der Waals surface area contributed by atoms with Gasteiger partial charge in [-0.1, -0.05) is 61.7 Å². The molecule has 1 heterocycles. The second-order valence-electron chi connectivity index (χ2n) is 10.6. The second-order valence-corrected chi connectivity index (χ2v) is 10.6. The van der Waals surface area contributed by atoms with Crippen LogP contribution in [-0.4, -0.2) is 52.3 Å². The fraction of sp³-hybridized carbons (Fsp3) is 0.556. The van der Waals surface area contributed by atoms with Crippen LogP contribution in [0.3, 0.4) is 0 Å². The van der Waals surface area contributed by atoms with E-state index in [0.29, 0.717) is 32.4 Å². The maximum absolute atomic E-state index is 13.9. The monoisotopic (exact) mass is 452 g/mol. The van der Waals surface area contributed by atoms with Crippen molar-refractivity contribution in [2.24, 2.45) is 0 Å². The third-order valence-electron chi connectivity index (χ3n) is 6.83. The minimum absolute atomic E-state index is 0.0526. The van der Waals surface area contributed by atoms with Crippen LogP contribution in [-0.2, 0) is 9.53 Å². The number of likely N-dealkylation sites (tertiary alicyclic amines) is 1. The molecule has 4 rings (SSSR count). The lowest BCUT2D eigenvalue weighted by Gasteiger charge is -2.40. The summed E-state index contributed by atoms with van der Waals surface area (Å²) < 4.78 is 5.37. The molecule has 6 heteroatoms. The molecule has 0 aromatic heterocycles. The van der Waals surface area contributed by atoms with Crippen molar-refractivity contribution >= 4 is 22.8 Å². The molecule has 0 spiro atoms. The van der Waals surface area contributed by atoms with Crippen molar-refractivity contribution in [3.05, 3.63) is 48.0 Å². The number of hydrogen-bond acceptors (Lipinski definition) is 4. The lowest BCUT2D eigenvalue weighted by Crippen LogP contribution is -2.48. The highest BCUT2D eigenvalue weighted by atomic mass is 16.6. The molecule has 1 aliphatic heterocycles. The van der Waals surface area contributed by atoms with Crippen molar-refractivity contribution in [2.75, 3.05) is 13.1 Å². The van der Waals surface area contributed by atoms with Gasteiger partial charge in [-0.3, -0.25) is 4.79 Å². The van der Waals surface area contributed by atoms with Crippen LogP contribution in [0.2, 0.25) is 0 Å². The number of amides is 2. The minimum atomic E-state index is -1.05. The Kier molecular flexibility index (Phi) is 6.66. The minimum Gasteiger partial charge on any atom is -0.444 e. The van der Waals surface area contributed by atoms with Crippen molar-refractivity contribution in [3.8, 4) is 0 Å². The number of hydrogen-bond donors (Lipinski definition) is 2. The smallest absolute Gasteiger partial charge is 0.407 e. The van der Waals surface area contributed by atoms with E-state index in [2.05, 4.69) is 17.4 Å². The Morgan fingerprint density at radius 2 is 1.79 bits per heavy atom. The molecule has 2 amide bonds. The average molecular weight is 453 g/mol. The number of carbonyl (C=O) groups is 2. The first-order valence-corrected chi connectivity index (χ1v) is 12.1. The van der Waals surface area contributed by atoms with Gasteiger partial charge >= 0.3 is 6.09 Å². The van der Waals surface area contributed by atoms with Crippen LogP contribution in [0.25, 0.3) is 10.8 Å². The first-order chi connectivity index (χ1) is 15.6. The standard InChI is InChI=1S/C27H36N2O4/c1-26(2,3)33-25(31)28-22-13-16-29(18-22)24(30)23(27(32)14-7-4-8-15-27)21-12-11-19-9-5-6-10-20(19)17-21/h5-6,9-12,17,22-23,32H,4,7-8,13-16,18H2,1-3H3,(H,28,31)/t22-,23?/m1/s1. The van der Waals surface area contributed by atoms with Crippen molar-refractivity contribution < 1.29 is 19.4 Å². The van der Waals surface area contributed by atoms with E-state index in [1.54, 1.807) is 4.90 Å². The van der Waals surface area contributed by atoms with Crippen molar-refractivity contribution in [1.29, 1.82) is 0 Å². The normalized spacial score (nSPS) is 21.6. The molecule has 1 aliphatic carbocycles. The molecule has 2 aromatic rings. The zero-order valence-electron chi connectivity index (χ0n) is 20.0. The third-order valence-corrected chi connectivity index (χ3v) is 6.83. The van der Waals surface area contributed by atoms with Crippen molar-refractivity contribution in [3.63, 3.8) is 0 Å². The molecule has 2 atom stereocenters. The van der Waals surface area contributed by atoms with E-state index in [4.69, 9.17) is 4.74 Å². The van der Waals surface area contributed by atoms with Gasteiger partial charge in [0.05, 0.1) is 17.6 Å². The molecule has 2 aromatic carbocycles. The number of ether oxygens (including phenoxy) is 1. The SMILES string of the molecule is CC(C)(C)OC(=O)N[C@@H]1CCN(C(=O)C(c2ccc3ccccc3c2)C2(O)CCCCC2)C1. The van der Waals surface area contributed by atoms with Crippen LogP contribution < -0.4 is 5.32 Å². The van der Waals surface area contributed by atoms with E-state index in [-0.39, 0.29) is 11.9 Å². The van der Waals surface area contributed by atoms with E-state index in [1.807, 2.05) is 51.1 Å². The summed E-state index contributed by atoms with van der Waals surface area (Å²) in [6, 6.07) is 14.0. The number of benzene rings is 2. The molecular formula is C27H36N2O4. The number of nitrogens with zero attached hydrogens (tertiary/aromatic N) is 1. The molecule has 0 radical (unpaired) electrons. The fourth-order valence-corrected chi connectivity index (χ4v) is 5.26. The van der Waals surface area contributed by atoms with Crippen LogP contribution >= 0.6 is 0 Å². The van der Waals surface area contributed by atoms with Crippen LogP contribution in [0.5, 0.6) is 0 Å². The second kappa shape index (κ2) is 9.34. The molecule has 178 valence electrons. The molecule has 1 saturated carbocycles. The van der Waals surface area contributed by atoms with E-state index in [0.717, 1.165) is 35.6 Å². The summed E-state index contributed by atoms with van der Waals surface area (Å²) >= 11 is 0. The predicted octanol–water partition coefficient (Wildman–Crippen LogP) is 4.74. The lowest BCUT2D eigenvalue weighted by atomic mass is 9.72. The highest BCUT2D eigenvalue weighted by Gasteiger charge is 2.46. The highest BCUT2D eigenvalue weighted by Crippen LogP contribution is 2.42. The van der Waals surface area contributed by atoms with Gasteiger partial charge in [0.2, 0.25) is 5.91 Å². The number of rotatable bonds is 4. The Bertz CT molecular complexity index is 1010. The zero-order chi connectivity index (χ0) is 23.6. The summed E-state index contributed by atoms with van der Waals surface area (Å²) in [7, 11) is 0. The van der Waals surface area contributed by atoms with E-state index < -0.39 is 23.2 Å². The van der Waals surface area contributed by atoms with Crippen molar-refractivity contribution in [2.45, 2.75) is 82.5 Å². The Balaban J connectivity index is 1.56. The summed E-state index contributed by atoms with van der Waals surface area (Å²) in [4.78, 5) is 27.9. The zero-order valence-corrected chi connectivity index (χ0v) is 20.0. The van der Waals surface area contributed by atoms with E-state index >= 15 is 0 Å². The highest BCUT2D eigenvalue weighted by molar-refractivity contribution is 5.89. The Morgan fingerprint density at radius 3 is 2.48 bits per heavy atom. The number of aliphatic hydroxyl groups is 1. The van der Waals surface area contributed by atoms with Crippen molar-refractivity contribution in [1.82, 2.24) is 10.2 Å². The summed E-state index contributed by atoms with van der Waals surface area (Å²) in [5.41, 5.74) is -0.746. The largest absolute Gasteiger partial charge is 0.444 e. The molecular weight excluding hydrogens is 416 g/mol. The van der Waals surface area contributed by atoms with Gasteiger partial charge in [-0.25, -0.2) is 4.79 Å². The fourth-order valence-electron chi connectivity index (χ4n) is 5.26. The number of nitrogens with one attached hydrogen (secondary N) is 1. The Morgan fingerprint density at radius 1 is 1.09 bits per heavy atom. The van der Waals surface area contributed by atoms with Crippen LogP contribution in [0.4, 0.5) is 4.79 Å². The van der Waals surface area contributed by atoms with Gasteiger partial charge < -0.3 is 20.1 Å². The molecule has 2 N–H and O–H groups in total. The molecule has 33 heavy (non-hydrogen) atoms. The van der Waals surface area contributed by atoms with Gasteiger partial charge in [-0.15, -0.1) is 0 Å². The summed E-state index contributed by atoms with van der Waals surface area (Å²) in [6.07, 6.45) is 4.42. The Labute approximate surface area is 196 Å². The molecule has 6 nitrogen and oxygen atoms in total. The average Bonchev–Trinajstić information content (AvgIpc) is 3.21.